The van der Waals surface area contributed by atoms with Gasteiger partial charge in [-0.2, -0.15) is 5.10 Å². The molecule has 1 aromatic carbocycles. The number of hydrogen-bond donors (Lipinski definition) is 2. The number of fused-ring (bicyclic) bond motifs is 1. The maximum Gasteiger partial charge on any atom is 0.264 e. The van der Waals surface area contributed by atoms with Crippen molar-refractivity contribution in [2.75, 3.05) is 6.26 Å². The van der Waals surface area contributed by atoms with Crippen LogP contribution in [0.3, 0.4) is 0 Å². The van der Waals surface area contributed by atoms with E-state index in [9.17, 15) is 13.2 Å². The van der Waals surface area contributed by atoms with Crippen LogP contribution < -0.4 is 5.48 Å². The molecule has 10 heteroatoms. The Balaban J connectivity index is 1.82. The van der Waals surface area contributed by atoms with Crippen LogP contribution in [0.4, 0.5) is 0 Å². The van der Waals surface area contributed by atoms with Crippen molar-refractivity contribution in [1.82, 2.24) is 25.2 Å². The number of nitrogens with zero attached hydrogens (tertiary/aromatic N) is 4. The maximum absolute atomic E-state index is 12.1. The van der Waals surface area contributed by atoms with E-state index in [1.54, 1.807) is 23.3 Å². The second-order valence-corrected chi connectivity index (χ2v) is 9.18. The molecule has 2 aromatic heterocycles. The number of aryl methyl sites for hydroxylation is 1. The number of benzene rings is 1. The second kappa shape index (κ2) is 7.98. The lowest BCUT2D eigenvalue weighted by molar-refractivity contribution is -0.131. The monoisotopic (exact) mass is 413 g/mol. The number of hydroxylamine groups is 1. The van der Waals surface area contributed by atoms with Crippen molar-refractivity contribution in [3.8, 4) is 11.8 Å². The van der Waals surface area contributed by atoms with Crippen molar-refractivity contribution in [3.05, 3.63) is 54.2 Å². The molecule has 0 aliphatic rings. The molecule has 3 rings (SSSR count). The zero-order chi connectivity index (χ0) is 21.1. The van der Waals surface area contributed by atoms with E-state index in [2.05, 4.69) is 26.9 Å². The van der Waals surface area contributed by atoms with Crippen LogP contribution in [0.15, 0.2) is 43.1 Å². The highest BCUT2D eigenvalue weighted by Gasteiger charge is 2.43. The number of carbonyl (C=O) groups excluding carboxylic acids is 1. The standard InChI is InChI=1S/C19H19N5O4S/c1-19(18(25)23-26,29(2,27)28)7-8-24-12-16-9-14(5-6-17(16)22-24)3-4-15-10-20-13-21-11-15/h5-6,9-13,26H,7-8H2,1-2H3,(H,23,25). The van der Waals surface area contributed by atoms with Gasteiger partial charge < -0.3 is 0 Å². The van der Waals surface area contributed by atoms with Gasteiger partial charge >= 0.3 is 0 Å². The largest absolute Gasteiger partial charge is 0.289 e. The van der Waals surface area contributed by atoms with Crippen LogP contribution in [0.1, 0.15) is 24.5 Å². The molecule has 150 valence electrons. The summed E-state index contributed by atoms with van der Waals surface area (Å²) >= 11 is 0. The van der Waals surface area contributed by atoms with Gasteiger partial charge in [-0.25, -0.2) is 23.9 Å². The Hall–Kier alpha value is -3.29. The third kappa shape index (κ3) is 4.42. The fourth-order valence-electron chi connectivity index (χ4n) is 2.69. The Bertz CT molecular complexity index is 1210. The van der Waals surface area contributed by atoms with E-state index in [1.807, 2.05) is 18.2 Å². The fourth-order valence-corrected chi connectivity index (χ4v) is 3.54. The summed E-state index contributed by atoms with van der Waals surface area (Å²) < 4.78 is 23.9. The van der Waals surface area contributed by atoms with E-state index < -0.39 is 20.5 Å². The van der Waals surface area contributed by atoms with Crippen molar-refractivity contribution in [2.45, 2.75) is 24.6 Å². The van der Waals surface area contributed by atoms with Crippen LogP contribution in [0, 0.1) is 11.8 Å². The van der Waals surface area contributed by atoms with Gasteiger partial charge in [0.05, 0.1) is 11.1 Å². The fraction of sp³-hybridized carbons (Fsp3) is 0.263. The normalized spacial score (nSPS) is 13.3. The van der Waals surface area contributed by atoms with Gasteiger partial charge in [0.15, 0.2) is 14.6 Å². The Kier molecular flexibility index (Phi) is 5.63. The Labute approximate surface area is 167 Å². The molecule has 0 spiro atoms. The number of rotatable bonds is 5. The molecule has 0 fully saturated rings. The molecule has 2 heterocycles. The van der Waals surface area contributed by atoms with Crippen molar-refractivity contribution < 1.29 is 18.4 Å². The summed E-state index contributed by atoms with van der Waals surface area (Å²) in [4.78, 5) is 19.7. The summed E-state index contributed by atoms with van der Waals surface area (Å²) in [6.07, 6.45) is 7.35. The van der Waals surface area contributed by atoms with Crippen molar-refractivity contribution in [3.63, 3.8) is 0 Å². The van der Waals surface area contributed by atoms with Crippen molar-refractivity contribution in [1.29, 1.82) is 0 Å². The summed E-state index contributed by atoms with van der Waals surface area (Å²) in [5.41, 5.74) is 3.63. The minimum atomic E-state index is -3.76. The highest BCUT2D eigenvalue weighted by atomic mass is 32.2. The first-order chi connectivity index (χ1) is 13.7. The molecule has 0 saturated heterocycles. The SMILES string of the molecule is CC(CCn1cc2cc(C#Cc3cncnc3)ccc2n1)(C(=O)NO)S(C)(=O)=O. The van der Waals surface area contributed by atoms with Crippen LogP contribution in [-0.2, 0) is 21.2 Å². The maximum atomic E-state index is 12.1. The first-order valence-electron chi connectivity index (χ1n) is 8.61. The lowest BCUT2D eigenvalue weighted by Gasteiger charge is -2.24. The second-order valence-electron chi connectivity index (χ2n) is 6.74. The highest BCUT2D eigenvalue weighted by Crippen LogP contribution is 2.23. The predicted molar refractivity (Wildman–Crippen MR) is 106 cm³/mol. The molecule has 3 aromatic rings. The van der Waals surface area contributed by atoms with Crippen molar-refractivity contribution >= 4 is 26.6 Å². The molecule has 0 saturated carbocycles. The van der Waals surface area contributed by atoms with Gasteiger partial charge in [-0.05, 0) is 31.5 Å². The Morgan fingerprint density at radius 1 is 1.24 bits per heavy atom. The van der Waals surface area contributed by atoms with Crippen molar-refractivity contribution in [2.24, 2.45) is 0 Å². The summed E-state index contributed by atoms with van der Waals surface area (Å²) in [5.74, 6) is 5.04. The highest BCUT2D eigenvalue weighted by molar-refractivity contribution is 7.92. The van der Waals surface area contributed by atoms with E-state index in [-0.39, 0.29) is 13.0 Å². The third-order valence-electron chi connectivity index (χ3n) is 4.68. The van der Waals surface area contributed by atoms with E-state index >= 15 is 0 Å². The lowest BCUT2D eigenvalue weighted by Crippen LogP contribution is -2.49. The number of aromatic nitrogens is 4. The zero-order valence-corrected chi connectivity index (χ0v) is 16.6. The van der Waals surface area contributed by atoms with E-state index in [1.165, 1.54) is 18.7 Å². The predicted octanol–water partition coefficient (Wildman–Crippen LogP) is 0.925. The molecular formula is C19H19N5O4S. The third-order valence-corrected chi connectivity index (χ3v) is 6.71. The smallest absolute Gasteiger partial charge is 0.264 e. The van der Waals surface area contributed by atoms with Gasteiger partial charge in [-0.3, -0.25) is 14.7 Å². The summed E-state index contributed by atoms with van der Waals surface area (Å²) in [6, 6.07) is 5.51. The van der Waals surface area contributed by atoms with Gasteiger partial charge in [0, 0.05) is 42.3 Å². The molecule has 1 amide bonds. The van der Waals surface area contributed by atoms with Crippen LogP contribution in [0.5, 0.6) is 0 Å². The average molecular weight is 413 g/mol. The minimum absolute atomic E-state index is 0.0487. The molecule has 0 radical (unpaired) electrons. The van der Waals surface area contributed by atoms with E-state index in [4.69, 9.17) is 5.21 Å². The molecule has 1 atom stereocenters. The molecule has 0 bridgehead atoms. The Morgan fingerprint density at radius 2 is 1.93 bits per heavy atom. The van der Waals surface area contributed by atoms with E-state index in [0.717, 1.165) is 17.2 Å². The van der Waals surface area contributed by atoms with Gasteiger partial charge in [0.1, 0.15) is 6.33 Å². The van der Waals surface area contributed by atoms with Crippen LogP contribution >= 0.6 is 0 Å². The quantitative estimate of drug-likeness (QED) is 0.362. The Morgan fingerprint density at radius 3 is 2.59 bits per heavy atom. The molecule has 0 aliphatic carbocycles. The number of sulfone groups is 1. The molecule has 1 unspecified atom stereocenters. The van der Waals surface area contributed by atoms with Crippen LogP contribution in [-0.4, -0.2) is 50.3 Å². The van der Waals surface area contributed by atoms with E-state index in [0.29, 0.717) is 11.1 Å². The first-order valence-corrected chi connectivity index (χ1v) is 10.5. The van der Waals surface area contributed by atoms with Gasteiger partial charge in [0.2, 0.25) is 0 Å². The molecule has 9 nitrogen and oxygen atoms in total. The number of nitrogens with one attached hydrogen (secondary N) is 1. The minimum Gasteiger partial charge on any atom is -0.289 e. The first kappa shape index (κ1) is 20.4. The lowest BCUT2D eigenvalue weighted by atomic mass is 10.1. The molecular weight excluding hydrogens is 394 g/mol. The summed E-state index contributed by atoms with van der Waals surface area (Å²) in [7, 11) is -3.76. The number of hydrogen-bond acceptors (Lipinski definition) is 7. The topological polar surface area (TPSA) is 127 Å². The van der Waals surface area contributed by atoms with Crippen LogP contribution in [0.2, 0.25) is 0 Å². The van der Waals surface area contributed by atoms with Crippen LogP contribution in [0.25, 0.3) is 10.9 Å². The molecule has 29 heavy (non-hydrogen) atoms. The average Bonchev–Trinajstić information content (AvgIpc) is 3.12. The summed E-state index contributed by atoms with van der Waals surface area (Å²) in [6.45, 7) is 1.45. The molecule has 2 N–H and O–H groups in total. The van der Waals surface area contributed by atoms with Gasteiger partial charge in [-0.1, -0.05) is 11.8 Å². The zero-order valence-electron chi connectivity index (χ0n) is 15.8. The molecule has 0 aliphatic heterocycles. The van der Waals surface area contributed by atoms with Gasteiger partial charge in [0.25, 0.3) is 5.91 Å². The number of carbonyl (C=O) groups is 1. The number of amides is 1. The van der Waals surface area contributed by atoms with Gasteiger partial charge in [-0.15, -0.1) is 0 Å². The summed E-state index contributed by atoms with van der Waals surface area (Å²) in [5, 5.41) is 14.1.